The SMILES string of the molecule is O=C(O)c1c(NCc2cccc3ccccc23)ccc2nccn12. The summed E-state index contributed by atoms with van der Waals surface area (Å²) in [6.07, 6.45) is 3.25. The van der Waals surface area contributed by atoms with E-state index in [2.05, 4.69) is 28.5 Å². The highest BCUT2D eigenvalue weighted by atomic mass is 16.4. The predicted octanol–water partition coefficient (Wildman–Crippen LogP) is 3.80. The van der Waals surface area contributed by atoms with Crippen molar-refractivity contribution in [3.8, 4) is 0 Å². The molecule has 5 heteroatoms. The Labute approximate surface area is 138 Å². The van der Waals surface area contributed by atoms with Gasteiger partial charge in [0.25, 0.3) is 0 Å². The van der Waals surface area contributed by atoms with Crippen LogP contribution in [0.1, 0.15) is 16.1 Å². The van der Waals surface area contributed by atoms with Crippen molar-refractivity contribution in [3.63, 3.8) is 0 Å². The molecule has 0 bridgehead atoms. The van der Waals surface area contributed by atoms with Gasteiger partial charge in [-0.3, -0.25) is 4.40 Å². The molecule has 2 N–H and O–H groups in total. The van der Waals surface area contributed by atoms with E-state index in [9.17, 15) is 9.90 Å². The summed E-state index contributed by atoms with van der Waals surface area (Å²) in [5, 5.41) is 15.1. The zero-order valence-corrected chi connectivity index (χ0v) is 12.8. The first kappa shape index (κ1) is 14.3. The molecule has 4 aromatic rings. The predicted molar refractivity (Wildman–Crippen MR) is 93.4 cm³/mol. The fourth-order valence-corrected chi connectivity index (χ4v) is 2.99. The van der Waals surface area contributed by atoms with Gasteiger partial charge in [-0.1, -0.05) is 42.5 Å². The highest BCUT2D eigenvalue weighted by Crippen LogP contribution is 2.22. The lowest BCUT2D eigenvalue weighted by Gasteiger charge is -2.13. The van der Waals surface area contributed by atoms with Crippen LogP contribution in [0.3, 0.4) is 0 Å². The molecular weight excluding hydrogens is 302 g/mol. The highest BCUT2D eigenvalue weighted by molar-refractivity contribution is 5.93. The largest absolute Gasteiger partial charge is 0.476 e. The average molecular weight is 317 g/mol. The number of nitrogens with zero attached hydrogens (tertiary/aromatic N) is 2. The molecule has 2 aromatic heterocycles. The standard InChI is InChI=1S/C19H15N3O2/c23-19(24)18-16(8-9-17-20-10-11-22(17)18)21-12-14-6-3-5-13-4-1-2-7-15(13)14/h1-11,21H,12H2,(H,23,24). The maximum Gasteiger partial charge on any atom is 0.355 e. The monoisotopic (exact) mass is 317 g/mol. The van der Waals surface area contributed by atoms with Gasteiger partial charge in [0.15, 0.2) is 5.69 Å². The van der Waals surface area contributed by atoms with Gasteiger partial charge in [0.1, 0.15) is 5.65 Å². The summed E-state index contributed by atoms with van der Waals surface area (Å²) in [7, 11) is 0. The molecule has 0 aliphatic carbocycles. The van der Waals surface area contributed by atoms with Crippen LogP contribution < -0.4 is 5.32 Å². The number of fused-ring (bicyclic) bond motifs is 2. The number of nitrogens with one attached hydrogen (secondary N) is 1. The zero-order chi connectivity index (χ0) is 16.5. The van der Waals surface area contributed by atoms with Crippen LogP contribution >= 0.6 is 0 Å². The van der Waals surface area contributed by atoms with Gasteiger partial charge in [0, 0.05) is 18.9 Å². The molecule has 0 atom stereocenters. The average Bonchev–Trinajstić information content (AvgIpc) is 3.07. The molecule has 118 valence electrons. The summed E-state index contributed by atoms with van der Waals surface area (Å²) in [4.78, 5) is 15.8. The van der Waals surface area contributed by atoms with Gasteiger partial charge in [-0.25, -0.2) is 9.78 Å². The minimum Gasteiger partial charge on any atom is -0.476 e. The molecule has 0 saturated heterocycles. The number of hydrogen-bond donors (Lipinski definition) is 2. The first-order chi connectivity index (χ1) is 11.7. The van der Waals surface area contributed by atoms with E-state index in [-0.39, 0.29) is 5.69 Å². The number of carboxylic acid groups (broad SMARTS) is 1. The number of pyridine rings is 1. The molecule has 0 aliphatic heterocycles. The number of benzene rings is 2. The number of aromatic nitrogens is 2. The summed E-state index contributed by atoms with van der Waals surface area (Å²) in [5.74, 6) is -0.987. The van der Waals surface area contributed by atoms with Crippen molar-refractivity contribution in [2.24, 2.45) is 0 Å². The van der Waals surface area contributed by atoms with Crippen molar-refractivity contribution < 1.29 is 9.90 Å². The molecular formula is C19H15N3O2. The van der Waals surface area contributed by atoms with Crippen molar-refractivity contribution in [1.29, 1.82) is 0 Å². The second kappa shape index (κ2) is 5.70. The Balaban J connectivity index is 1.72. The van der Waals surface area contributed by atoms with E-state index in [1.165, 1.54) is 5.39 Å². The molecule has 24 heavy (non-hydrogen) atoms. The van der Waals surface area contributed by atoms with Gasteiger partial charge in [0.05, 0.1) is 5.69 Å². The fourth-order valence-electron chi connectivity index (χ4n) is 2.99. The Kier molecular flexibility index (Phi) is 3.39. The minimum absolute atomic E-state index is 0.185. The lowest BCUT2D eigenvalue weighted by molar-refractivity contribution is 0.0690. The van der Waals surface area contributed by atoms with Crippen LogP contribution in [0.2, 0.25) is 0 Å². The lowest BCUT2D eigenvalue weighted by atomic mass is 10.0. The highest BCUT2D eigenvalue weighted by Gasteiger charge is 2.15. The van der Waals surface area contributed by atoms with Crippen molar-refractivity contribution in [1.82, 2.24) is 9.38 Å². The molecule has 0 aliphatic rings. The Morgan fingerprint density at radius 2 is 1.92 bits per heavy atom. The van der Waals surface area contributed by atoms with Crippen molar-refractivity contribution in [3.05, 3.63) is 78.2 Å². The molecule has 0 fully saturated rings. The number of rotatable bonds is 4. The maximum absolute atomic E-state index is 11.7. The van der Waals surface area contributed by atoms with Gasteiger partial charge >= 0.3 is 5.97 Å². The quantitative estimate of drug-likeness (QED) is 0.601. The van der Waals surface area contributed by atoms with E-state index < -0.39 is 5.97 Å². The van der Waals surface area contributed by atoms with Crippen LogP contribution in [0.15, 0.2) is 67.0 Å². The molecule has 4 rings (SSSR count). The maximum atomic E-state index is 11.7. The Hall–Kier alpha value is -3.34. The topological polar surface area (TPSA) is 66.6 Å². The van der Waals surface area contributed by atoms with E-state index in [1.807, 2.05) is 24.3 Å². The third-order valence-corrected chi connectivity index (χ3v) is 4.12. The number of hydrogen-bond acceptors (Lipinski definition) is 3. The van der Waals surface area contributed by atoms with Gasteiger partial charge in [-0.15, -0.1) is 0 Å². The summed E-state index contributed by atoms with van der Waals surface area (Å²) in [6.45, 7) is 0.543. The molecule has 2 aromatic carbocycles. The molecule has 5 nitrogen and oxygen atoms in total. The summed E-state index contributed by atoms with van der Waals surface area (Å²) in [6, 6.07) is 17.8. The Bertz CT molecular complexity index is 1050. The van der Waals surface area contributed by atoms with E-state index in [4.69, 9.17) is 0 Å². The van der Waals surface area contributed by atoms with Crippen LogP contribution in [0.4, 0.5) is 5.69 Å². The summed E-state index contributed by atoms with van der Waals surface area (Å²) >= 11 is 0. The second-order valence-corrected chi connectivity index (χ2v) is 5.55. The fraction of sp³-hybridized carbons (Fsp3) is 0.0526. The first-order valence-electron chi connectivity index (χ1n) is 7.64. The van der Waals surface area contributed by atoms with E-state index in [0.717, 1.165) is 10.9 Å². The van der Waals surface area contributed by atoms with Gasteiger partial charge in [0.2, 0.25) is 0 Å². The minimum atomic E-state index is -0.987. The molecule has 0 spiro atoms. The summed E-state index contributed by atoms with van der Waals surface area (Å²) < 4.78 is 1.58. The van der Waals surface area contributed by atoms with E-state index in [1.54, 1.807) is 28.9 Å². The first-order valence-corrected chi connectivity index (χ1v) is 7.64. The third kappa shape index (κ3) is 2.36. The molecule has 2 heterocycles. The van der Waals surface area contributed by atoms with Gasteiger partial charge in [-0.2, -0.15) is 0 Å². The van der Waals surface area contributed by atoms with Crippen molar-refractivity contribution in [2.75, 3.05) is 5.32 Å². The van der Waals surface area contributed by atoms with Crippen molar-refractivity contribution in [2.45, 2.75) is 6.54 Å². The molecule has 0 saturated carbocycles. The number of imidazole rings is 1. The second-order valence-electron chi connectivity index (χ2n) is 5.55. The lowest BCUT2D eigenvalue weighted by Crippen LogP contribution is -2.11. The van der Waals surface area contributed by atoms with Gasteiger partial charge in [-0.05, 0) is 28.5 Å². The van der Waals surface area contributed by atoms with E-state index in [0.29, 0.717) is 17.9 Å². The van der Waals surface area contributed by atoms with Gasteiger partial charge < -0.3 is 10.4 Å². The van der Waals surface area contributed by atoms with E-state index >= 15 is 0 Å². The van der Waals surface area contributed by atoms with Crippen LogP contribution in [0.25, 0.3) is 16.4 Å². The molecule has 0 radical (unpaired) electrons. The third-order valence-electron chi connectivity index (χ3n) is 4.12. The summed E-state index contributed by atoms with van der Waals surface area (Å²) in [5.41, 5.74) is 2.49. The number of anilines is 1. The number of aromatic carboxylic acids is 1. The Morgan fingerprint density at radius 3 is 2.79 bits per heavy atom. The van der Waals surface area contributed by atoms with Crippen LogP contribution in [0, 0.1) is 0 Å². The van der Waals surface area contributed by atoms with Crippen molar-refractivity contribution >= 4 is 28.1 Å². The zero-order valence-electron chi connectivity index (χ0n) is 12.8. The Morgan fingerprint density at radius 1 is 1.08 bits per heavy atom. The smallest absolute Gasteiger partial charge is 0.355 e. The van der Waals surface area contributed by atoms with Crippen LogP contribution in [0.5, 0.6) is 0 Å². The normalized spacial score (nSPS) is 11.0. The van der Waals surface area contributed by atoms with Crippen LogP contribution in [-0.4, -0.2) is 20.5 Å². The molecule has 0 amide bonds. The number of carbonyl (C=O) groups is 1. The number of carboxylic acids is 1. The molecule has 0 unspecified atom stereocenters. The van der Waals surface area contributed by atoms with Crippen LogP contribution in [-0.2, 0) is 6.54 Å².